The average molecular weight is 589 g/mol. The number of benzene rings is 1. The van der Waals surface area contributed by atoms with E-state index in [9.17, 15) is 4.79 Å². The van der Waals surface area contributed by atoms with Gasteiger partial charge in [-0.05, 0) is 72.3 Å². The van der Waals surface area contributed by atoms with Crippen LogP contribution >= 0.6 is 0 Å². The van der Waals surface area contributed by atoms with Gasteiger partial charge in [0.2, 0.25) is 0 Å². The van der Waals surface area contributed by atoms with Crippen molar-refractivity contribution in [3.8, 4) is 11.6 Å². The van der Waals surface area contributed by atoms with Crippen molar-refractivity contribution in [2.75, 3.05) is 31.1 Å². The number of ether oxygens (including phenoxy) is 1. The van der Waals surface area contributed by atoms with E-state index in [1.54, 1.807) is 17.3 Å². The van der Waals surface area contributed by atoms with Crippen molar-refractivity contribution in [1.82, 2.24) is 25.0 Å². The second kappa shape index (κ2) is 10.6. The molecule has 0 radical (unpaired) electrons. The second-order valence-electron chi connectivity index (χ2n) is 13.8. The summed E-state index contributed by atoms with van der Waals surface area (Å²) in [6.07, 6.45) is 6.09. The lowest BCUT2D eigenvalue weighted by atomic mass is 9.63. The molecule has 2 saturated heterocycles. The zero-order valence-electron chi connectivity index (χ0n) is 26.2. The maximum atomic E-state index is 12.4. The number of carbonyl (C=O) groups is 1. The van der Waals surface area contributed by atoms with Crippen LogP contribution in [0.1, 0.15) is 79.1 Å². The Bertz CT molecular complexity index is 1440. The molecule has 3 aliphatic rings. The van der Waals surface area contributed by atoms with Crippen molar-refractivity contribution in [3.63, 3.8) is 0 Å². The summed E-state index contributed by atoms with van der Waals surface area (Å²) in [5.74, 6) is 1.76. The molecule has 0 N–H and O–H groups in total. The predicted octanol–water partition coefficient (Wildman–Crippen LogP) is 4.35. The number of aromatic nitrogens is 4. The molecule has 0 spiro atoms. The molecule has 12 heteroatoms. The number of hydrogen-bond acceptors (Lipinski definition) is 10. The van der Waals surface area contributed by atoms with Gasteiger partial charge < -0.3 is 28.4 Å². The van der Waals surface area contributed by atoms with Gasteiger partial charge in [0.05, 0.1) is 29.0 Å². The Morgan fingerprint density at radius 3 is 2.12 bits per heavy atom. The molecule has 0 atom stereocenters. The van der Waals surface area contributed by atoms with E-state index >= 15 is 0 Å². The third kappa shape index (κ3) is 5.62. The second-order valence-corrected chi connectivity index (χ2v) is 13.8. The van der Waals surface area contributed by atoms with E-state index in [-0.39, 0.29) is 22.7 Å². The molecule has 0 bridgehead atoms. The minimum absolute atomic E-state index is 0.286. The summed E-state index contributed by atoms with van der Waals surface area (Å²) < 4.78 is 23.7. The fraction of sp³-hybridized carbons (Fsp3) is 0.581. The van der Waals surface area contributed by atoms with Crippen LogP contribution in [-0.4, -0.2) is 81.2 Å². The summed E-state index contributed by atoms with van der Waals surface area (Å²) in [6.45, 7) is 16.3. The Morgan fingerprint density at radius 1 is 0.930 bits per heavy atom. The van der Waals surface area contributed by atoms with Crippen LogP contribution in [-0.2, 0) is 19.5 Å². The van der Waals surface area contributed by atoms with Crippen molar-refractivity contribution in [2.45, 2.75) is 89.9 Å². The van der Waals surface area contributed by atoms with Crippen LogP contribution in [0.2, 0.25) is 0 Å². The molecule has 1 aliphatic carbocycles. The quantitative estimate of drug-likeness (QED) is 0.399. The SMILES string of the molecule is CC(C)(C)OC(=O)N1CCN(c2cnc(-c3nc(C4(c5ccc(B6OC(C)(C)C(C)(C)O6)cc5)CCC4)no3)cn2)CC1. The van der Waals surface area contributed by atoms with E-state index in [0.29, 0.717) is 43.6 Å². The van der Waals surface area contributed by atoms with Crippen molar-refractivity contribution >= 4 is 24.5 Å². The minimum atomic E-state index is -0.512. The normalized spacial score (nSPS) is 21.0. The molecule has 1 amide bonds. The van der Waals surface area contributed by atoms with Gasteiger partial charge in [-0.3, -0.25) is 0 Å². The Hall–Kier alpha value is -3.51. The monoisotopic (exact) mass is 588 g/mol. The number of hydrogen-bond donors (Lipinski definition) is 0. The maximum Gasteiger partial charge on any atom is 0.494 e. The fourth-order valence-corrected chi connectivity index (χ4v) is 5.67. The standard InChI is InChI=1S/C31H41BN6O5/c1-28(2,3)40-27(39)38-17-15-37(16-18-38)24-20-33-23(19-34-24)25-35-26(36-41-25)31(13-8-14-31)21-9-11-22(12-10-21)32-42-29(4,5)30(6,7)43-32/h9-12,19-20H,8,13-18H2,1-7H3. The molecule has 43 heavy (non-hydrogen) atoms. The highest BCUT2D eigenvalue weighted by Crippen LogP contribution is 2.48. The van der Waals surface area contributed by atoms with Gasteiger partial charge in [0, 0.05) is 26.2 Å². The molecule has 2 aliphatic heterocycles. The molecule has 0 unspecified atom stereocenters. The predicted molar refractivity (Wildman–Crippen MR) is 162 cm³/mol. The van der Waals surface area contributed by atoms with Gasteiger partial charge in [-0.2, -0.15) is 4.98 Å². The van der Waals surface area contributed by atoms with Gasteiger partial charge in [0.25, 0.3) is 5.89 Å². The van der Waals surface area contributed by atoms with Gasteiger partial charge in [-0.15, -0.1) is 0 Å². The first-order valence-electron chi connectivity index (χ1n) is 15.1. The molecule has 1 aromatic carbocycles. The van der Waals surface area contributed by atoms with Gasteiger partial charge in [0.1, 0.15) is 17.1 Å². The molecule has 3 aromatic rings. The first-order valence-corrected chi connectivity index (χ1v) is 15.1. The molecule has 11 nitrogen and oxygen atoms in total. The van der Waals surface area contributed by atoms with Crippen LogP contribution < -0.4 is 10.4 Å². The Morgan fingerprint density at radius 2 is 1.58 bits per heavy atom. The summed E-state index contributed by atoms with van der Waals surface area (Å²) in [5, 5.41) is 4.40. The highest BCUT2D eigenvalue weighted by atomic mass is 16.7. The van der Waals surface area contributed by atoms with Crippen molar-refractivity contribution in [1.29, 1.82) is 0 Å². The lowest BCUT2D eigenvalue weighted by molar-refractivity contribution is 0.00578. The van der Waals surface area contributed by atoms with Crippen molar-refractivity contribution < 1.29 is 23.4 Å². The van der Waals surface area contributed by atoms with E-state index in [1.165, 1.54) is 0 Å². The van der Waals surface area contributed by atoms with E-state index in [0.717, 1.165) is 36.1 Å². The van der Waals surface area contributed by atoms with E-state index in [2.05, 4.69) is 72.0 Å². The number of nitrogens with zero attached hydrogens (tertiary/aromatic N) is 6. The molecule has 1 saturated carbocycles. The van der Waals surface area contributed by atoms with Gasteiger partial charge in [-0.1, -0.05) is 35.8 Å². The third-order valence-corrected chi connectivity index (χ3v) is 9.16. The summed E-state index contributed by atoms with van der Waals surface area (Å²) in [7, 11) is -0.399. The minimum Gasteiger partial charge on any atom is -0.444 e. The summed E-state index contributed by atoms with van der Waals surface area (Å²) in [6, 6.07) is 8.42. The highest BCUT2D eigenvalue weighted by Gasteiger charge is 2.52. The lowest BCUT2D eigenvalue weighted by Crippen LogP contribution is -2.50. The third-order valence-electron chi connectivity index (χ3n) is 9.16. The number of carbonyl (C=O) groups excluding carboxylic acids is 1. The lowest BCUT2D eigenvalue weighted by Gasteiger charge is -2.39. The van der Waals surface area contributed by atoms with Crippen LogP contribution in [0, 0.1) is 0 Å². The van der Waals surface area contributed by atoms with E-state index < -0.39 is 12.7 Å². The topological polar surface area (TPSA) is 116 Å². The number of anilines is 1. The van der Waals surface area contributed by atoms with Gasteiger partial charge in [0.15, 0.2) is 5.82 Å². The first kappa shape index (κ1) is 29.6. The summed E-state index contributed by atoms with van der Waals surface area (Å²) >= 11 is 0. The Kier molecular flexibility index (Phi) is 7.28. The van der Waals surface area contributed by atoms with E-state index in [1.807, 2.05) is 20.8 Å². The zero-order chi connectivity index (χ0) is 30.6. The summed E-state index contributed by atoms with van der Waals surface area (Å²) in [5.41, 5.74) is 1.10. The molecule has 228 valence electrons. The van der Waals surface area contributed by atoms with Crippen LogP contribution in [0.25, 0.3) is 11.6 Å². The first-order chi connectivity index (χ1) is 20.3. The Balaban J connectivity index is 1.12. The van der Waals surface area contributed by atoms with Gasteiger partial charge in [-0.25, -0.2) is 14.8 Å². The van der Waals surface area contributed by atoms with E-state index in [4.69, 9.17) is 23.6 Å². The highest BCUT2D eigenvalue weighted by molar-refractivity contribution is 6.62. The molecular formula is C31H41BN6O5. The zero-order valence-corrected chi connectivity index (χ0v) is 26.2. The fourth-order valence-electron chi connectivity index (χ4n) is 5.67. The molecule has 2 aromatic heterocycles. The smallest absolute Gasteiger partial charge is 0.444 e. The number of piperazine rings is 1. The van der Waals surface area contributed by atoms with Crippen LogP contribution in [0.3, 0.4) is 0 Å². The van der Waals surface area contributed by atoms with Crippen LogP contribution in [0.15, 0.2) is 41.2 Å². The molecule has 4 heterocycles. The molecule has 6 rings (SSSR count). The molecular weight excluding hydrogens is 547 g/mol. The van der Waals surface area contributed by atoms with Crippen LogP contribution in [0.4, 0.5) is 10.6 Å². The van der Waals surface area contributed by atoms with Gasteiger partial charge >= 0.3 is 13.2 Å². The maximum absolute atomic E-state index is 12.4. The van der Waals surface area contributed by atoms with Crippen LogP contribution in [0.5, 0.6) is 0 Å². The summed E-state index contributed by atoms with van der Waals surface area (Å²) in [4.78, 5) is 30.2. The number of rotatable bonds is 5. The number of amides is 1. The largest absolute Gasteiger partial charge is 0.494 e. The average Bonchev–Trinajstić information content (AvgIpc) is 3.50. The Labute approximate surface area is 253 Å². The van der Waals surface area contributed by atoms with Crippen molar-refractivity contribution in [2.24, 2.45) is 0 Å². The van der Waals surface area contributed by atoms with Crippen molar-refractivity contribution in [3.05, 3.63) is 48.0 Å². The molecule has 3 fully saturated rings.